The molecule has 2 rings (SSSR count). The monoisotopic (exact) mass is 268 g/mol. The van der Waals surface area contributed by atoms with Crippen molar-refractivity contribution in [3.05, 3.63) is 11.1 Å². The normalized spacial score (nSPS) is 25.1. The van der Waals surface area contributed by atoms with E-state index in [1.54, 1.807) is 0 Å². The van der Waals surface area contributed by atoms with Crippen LogP contribution in [0.5, 0.6) is 0 Å². The minimum absolute atomic E-state index is 0.0755. The van der Waals surface area contributed by atoms with Crippen molar-refractivity contribution < 1.29 is 4.79 Å². The van der Waals surface area contributed by atoms with E-state index in [0.717, 1.165) is 31.7 Å². The van der Waals surface area contributed by atoms with Crippen molar-refractivity contribution >= 4 is 22.4 Å². The first kappa shape index (κ1) is 13.5. The third kappa shape index (κ3) is 3.51. The maximum Gasteiger partial charge on any atom is 0.223 e. The van der Waals surface area contributed by atoms with Crippen LogP contribution in [0.4, 0.5) is 5.13 Å². The van der Waals surface area contributed by atoms with E-state index >= 15 is 0 Å². The Bertz CT molecular complexity index is 420. The van der Waals surface area contributed by atoms with Crippen LogP contribution in [0.3, 0.4) is 0 Å². The van der Waals surface area contributed by atoms with Crippen molar-refractivity contribution in [2.45, 2.75) is 32.9 Å². The Kier molecular flexibility index (Phi) is 4.31. The fraction of sp³-hybridized carbons (Fsp3) is 0.667. The van der Waals surface area contributed by atoms with Gasteiger partial charge in [0, 0.05) is 38.0 Å². The molecule has 0 radical (unpaired) electrons. The van der Waals surface area contributed by atoms with Crippen molar-refractivity contribution in [2.24, 2.45) is 11.7 Å². The fourth-order valence-corrected chi connectivity index (χ4v) is 2.96. The lowest BCUT2D eigenvalue weighted by atomic mass is 9.95. The zero-order chi connectivity index (χ0) is 13.1. The van der Waals surface area contributed by atoms with Gasteiger partial charge in [-0.3, -0.25) is 9.69 Å². The Morgan fingerprint density at radius 1 is 1.72 bits per heavy atom. The molecule has 1 fully saturated rings. The molecule has 1 amide bonds. The summed E-state index contributed by atoms with van der Waals surface area (Å²) in [6, 6.07) is 0.326. The molecular weight excluding hydrogens is 248 g/mol. The van der Waals surface area contributed by atoms with Crippen molar-refractivity contribution in [2.75, 3.05) is 18.4 Å². The van der Waals surface area contributed by atoms with Crippen LogP contribution < -0.4 is 11.1 Å². The maximum atomic E-state index is 10.9. The van der Waals surface area contributed by atoms with E-state index < -0.39 is 0 Å². The van der Waals surface area contributed by atoms with Gasteiger partial charge in [0.2, 0.25) is 5.91 Å². The molecule has 1 aromatic rings. The molecule has 1 aliphatic heterocycles. The third-order valence-electron chi connectivity index (χ3n) is 3.28. The Balaban J connectivity index is 1.89. The number of thiazole rings is 1. The van der Waals surface area contributed by atoms with E-state index in [1.807, 2.05) is 5.38 Å². The molecule has 100 valence electrons. The fourth-order valence-electron chi connectivity index (χ4n) is 2.21. The highest BCUT2D eigenvalue weighted by atomic mass is 32.1. The molecule has 0 spiro atoms. The zero-order valence-electron chi connectivity index (χ0n) is 10.8. The van der Waals surface area contributed by atoms with Gasteiger partial charge < -0.3 is 11.1 Å². The highest BCUT2D eigenvalue weighted by Gasteiger charge is 2.23. The molecule has 1 saturated heterocycles. The Labute approximate surface area is 111 Å². The van der Waals surface area contributed by atoms with Crippen molar-refractivity contribution in [3.63, 3.8) is 0 Å². The Hall–Kier alpha value is -0.980. The summed E-state index contributed by atoms with van der Waals surface area (Å²) in [5.74, 6) is 0.459. The number of rotatable bonds is 3. The average molecular weight is 268 g/mol. The second-order valence-corrected chi connectivity index (χ2v) is 5.85. The van der Waals surface area contributed by atoms with Crippen LogP contribution in [0, 0.1) is 5.92 Å². The Morgan fingerprint density at radius 3 is 3.17 bits per heavy atom. The van der Waals surface area contributed by atoms with Gasteiger partial charge in [-0.25, -0.2) is 4.98 Å². The number of carbonyl (C=O) groups is 1. The number of amides is 1. The summed E-state index contributed by atoms with van der Waals surface area (Å²) in [7, 11) is 0. The second kappa shape index (κ2) is 5.77. The van der Waals surface area contributed by atoms with Crippen LogP contribution in [0.15, 0.2) is 5.38 Å². The lowest BCUT2D eigenvalue weighted by Crippen LogP contribution is -2.45. The van der Waals surface area contributed by atoms with Crippen LogP contribution >= 0.6 is 11.3 Å². The molecule has 2 heterocycles. The van der Waals surface area contributed by atoms with Gasteiger partial charge in [-0.2, -0.15) is 0 Å². The lowest BCUT2D eigenvalue weighted by molar-refractivity contribution is -0.114. The first-order valence-electron chi connectivity index (χ1n) is 6.24. The first-order valence-corrected chi connectivity index (χ1v) is 7.12. The molecule has 5 nitrogen and oxygen atoms in total. The van der Waals surface area contributed by atoms with Crippen LogP contribution in [0.25, 0.3) is 0 Å². The Morgan fingerprint density at radius 2 is 2.50 bits per heavy atom. The van der Waals surface area contributed by atoms with E-state index in [9.17, 15) is 4.79 Å². The predicted octanol–water partition coefficient (Wildman–Crippen LogP) is 1.27. The smallest absolute Gasteiger partial charge is 0.223 e. The lowest BCUT2D eigenvalue weighted by Gasteiger charge is -2.34. The van der Waals surface area contributed by atoms with Gasteiger partial charge in [-0.15, -0.1) is 11.3 Å². The van der Waals surface area contributed by atoms with Crippen LogP contribution in [0.2, 0.25) is 0 Å². The summed E-state index contributed by atoms with van der Waals surface area (Å²) in [6.07, 6.45) is 1.05. The summed E-state index contributed by atoms with van der Waals surface area (Å²) < 4.78 is 0. The van der Waals surface area contributed by atoms with E-state index in [2.05, 4.69) is 22.1 Å². The van der Waals surface area contributed by atoms with Gasteiger partial charge in [-0.1, -0.05) is 6.92 Å². The summed E-state index contributed by atoms with van der Waals surface area (Å²) in [5, 5.41) is 5.39. The zero-order valence-corrected chi connectivity index (χ0v) is 11.7. The SMILES string of the molecule is CC(=O)Nc1nc(CN2CCC(N)C(C)C2)cs1. The number of anilines is 1. The highest BCUT2D eigenvalue weighted by molar-refractivity contribution is 7.13. The van der Waals surface area contributed by atoms with E-state index in [4.69, 9.17) is 5.73 Å². The molecular formula is C12H20N4OS. The summed E-state index contributed by atoms with van der Waals surface area (Å²) in [4.78, 5) is 17.7. The van der Waals surface area contributed by atoms with Gasteiger partial charge in [-0.05, 0) is 12.3 Å². The molecule has 0 saturated carbocycles. The molecule has 0 aromatic carbocycles. The van der Waals surface area contributed by atoms with Gasteiger partial charge >= 0.3 is 0 Å². The van der Waals surface area contributed by atoms with Crippen molar-refractivity contribution in [1.82, 2.24) is 9.88 Å². The number of nitrogens with two attached hydrogens (primary N) is 1. The van der Waals surface area contributed by atoms with E-state index in [1.165, 1.54) is 18.3 Å². The minimum atomic E-state index is -0.0755. The number of hydrogen-bond acceptors (Lipinski definition) is 5. The first-order chi connectivity index (χ1) is 8.54. The largest absolute Gasteiger partial charge is 0.327 e. The van der Waals surface area contributed by atoms with Crippen molar-refractivity contribution in [1.29, 1.82) is 0 Å². The minimum Gasteiger partial charge on any atom is -0.327 e. The standard InChI is InChI=1S/C12H20N4OS/c1-8-5-16(4-3-11(8)13)6-10-7-18-12(15-10)14-9(2)17/h7-8,11H,3-6,13H2,1-2H3,(H,14,15,17). The summed E-state index contributed by atoms with van der Waals surface area (Å²) in [5.41, 5.74) is 7.02. The molecule has 1 aromatic heterocycles. The summed E-state index contributed by atoms with van der Waals surface area (Å²) in [6.45, 7) is 6.58. The molecule has 3 N–H and O–H groups in total. The van der Waals surface area contributed by atoms with Crippen molar-refractivity contribution in [3.8, 4) is 0 Å². The molecule has 2 atom stereocenters. The van der Waals surface area contributed by atoms with E-state index in [0.29, 0.717) is 17.1 Å². The number of nitrogens with one attached hydrogen (secondary N) is 1. The predicted molar refractivity (Wildman–Crippen MR) is 73.5 cm³/mol. The average Bonchev–Trinajstić information content (AvgIpc) is 2.70. The molecule has 0 aliphatic carbocycles. The van der Waals surface area contributed by atoms with Gasteiger partial charge in [0.1, 0.15) is 0 Å². The number of likely N-dealkylation sites (tertiary alicyclic amines) is 1. The van der Waals surface area contributed by atoms with Gasteiger partial charge in [0.15, 0.2) is 5.13 Å². The van der Waals surface area contributed by atoms with E-state index in [-0.39, 0.29) is 5.91 Å². The topological polar surface area (TPSA) is 71.2 Å². The number of carbonyl (C=O) groups excluding carboxylic acids is 1. The molecule has 18 heavy (non-hydrogen) atoms. The van der Waals surface area contributed by atoms with Gasteiger partial charge in [0.05, 0.1) is 5.69 Å². The van der Waals surface area contributed by atoms with Crippen LogP contribution in [-0.4, -0.2) is 34.9 Å². The quantitative estimate of drug-likeness (QED) is 0.866. The summed E-state index contributed by atoms with van der Waals surface area (Å²) >= 11 is 1.47. The molecule has 6 heteroatoms. The molecule has 2 unspecified atom stereocenters. The maximum absolute atomic E-state index is 10.9. The number of aromatic nitrogens is 1. The number of nitrogens with zero attached hydrogens (tertiary/aromatic N) is 2. The third-order valence-corrected chi connectivity index (χ3v) is 4.08. The van der Waals surface area contributed by atoms with Gasteiger partial charge in [0.25, 0.3) is 0 Å². The molecule has 1 aliphatic rings. The highest BCUT2D eigenvalue weighted by Crippen LogP contribution is 2.20. The second-order valence-electron chi connectivity index (χ2n) is 4.99. The van der Waals surface area contributed by atoms with Crippen LogP contribution in [-0.2, 0) is 11.3 Å². The van der Waals surface area contributed by atoms with Crippen LogP contribution in [0.1, 0.15) is 26.0 Å². The number of piperidine rings is 1. The molecule has 0 bridgehead atoms. The number of hydrogen-bond donors (Lipinski definition) is 2.